The van der Waals surface area contributed by atoms with Crippen LogP contribution >= 0.6 is 0 Å². The quantitative estimate of drug-likeness (QED) is 0.523. The zero-order valence-electron chi connectivity index (χ0n) is 5.38. The predicted octanol–water partition coefficient (Wildman–Crippen LogP) is 0.767. The van der Waals surface area contributed by atoms with Crippen molar-refractivity contribution in [3.63, 3.8) is 0 Å². The molecule has 9 heavy (non-hydrogen) atoms. The molecule has 0 N–H and O–H groups in total. The Bertz CT molecular complexity index is 109. The standard InChI is InChI=1S/C7H11O2/c1-5-7(9-5)3-2-6-4-8-6/h5-7H,1-4H2. The first-order valence-corrected chi connectivity index (χ1v) is 3.46. The summed E-state index contributed by atoms with van der Waals surface area (Å²) < 4.78 is 10.2. The van der Waals surface area contributed by atoms with Gasteiger partial charge in [-0.2, -0.15) is 0 Å². The Balaban J connectivity index is 1.57. The van der Waals surface area contributed by atoms with E-state index in [0.717, 1.165) is 19.4 Å². The average molecular weight is 127 g/mol. The largest absolute Gasteiger partial charge is 0.373 e. The van der Waals surface area contributed by atoms with E-state index in [9.17, 15) is 0 Å². The summed E-state index contributed by atoms with van der Waals surface area (Å²) in [6.07, 6.45) is 3.59. The Labute approximate surface area is 55.1 Å². The number of epoxide rings is 2. The van der Waals surface area contributed by atoms with Crippen molar-refractivity contribution >= 4 is 0 Å². The SMILES string of the molecule is [CH2]C1OC1CCC1CO1. The molecule has 3 unspecified atom stereocenters. The minimum absolute atomic E-state index is 0.281. The highest BCUT2D eigenvalue weighted by Crippen LogP contribution is 2.28. The number of hydrogen-bond acceptors (Lipinski definition) is 2. The zero-order chi connectivity index (χ0) is 6.27. The first-order chi connectivity index (χ1) is 4.36. The lowest BCUT2D eigenvalue weighted by atomic mass is 10.2. The second kappa shape index (κ2) is 1.96. The van der Waals surface area contributed by atoms with Crippen LogP contribution in [0.3, 0.4) is 0 Å². The first-order valence-electron chi connectivity index (χ1n) is 3.46. The highest BCUT2D eigenvalue weighted by atomic mass is 16.6. The van der Waals surface area contributed by atoms with E-state index in [1.807, 2.05) is 0 Å². The molecule has 0 aromatic carbocycles. The summed E-state index contributed by atoms with van der Waals surface area (Å²) in [5.41, 5.74) is 0. The Morgan fingerprint density at radius 2 is 2.11 bits per heavy atom. The van der Waals surface area contributed by atoms with Gasteiger partial charge in [-0.3, -0.25) is 0 Å². The molecule has 0 spiro atoms. The Morgan fingerprint density at radius 3 is 2.56 bits per heavy atom. The summed E-state index contributed by atoms with van der Waals surface area (Å²) in [7, 11) is 0. The maximum Gasteiger partial charge on any atom is 0.0842 e. The minimum Gasteiger partial charge on any atom is -0.373 e. The van der Waals surface area contributed by atoms with Crippen LogP contribution in [0, 0.1) is 6.92 Å². The van der Waals surface area contributed by atoms with E-state index in [4.69, 9.17) is 9.47 Å². The second-order valence-electron chi connectivity index (χ2n) is 2.75. The summed E-state index contributed by atoms with van der Waals surface area (Å²) in [6, 6.07) is 0. The first kappa shape index (κ1) is 5.69. The molecule has 0 saturated carbocycles. The van der Waals surface area contributed by atoms with Crippen molar-refractivity contribution < 1.29 is 9.47 Å². The smallest absolute Gasteiger partial charge is 0.0842 e. The maximum absolute atomic E-state index is 5.13. The van der Waals surface area contributed by atoms with Crippen LogP contribution in [0.1, 0.15) is 12.8 Å². The molecule has 0 aliphatic carbocycles. The predicted molar refractivity (Wildman–Crippen MR) is 33.0 cm³/mol. The number of ether oxygens (including phenoxy) is 2. The molecule has 2 heterocycles. The molecule has 2 nitrogen and oxygen atoms in total. The van der Waals surface area contributed by atoms with Gasteiger partial charge in [0.15, 0.2) is 0 Å². The van der Waals surface area contributed by atoms with Gasteiger partial charge in [0.2, 0.25) is 0 Å². The van der Waals surface area contributed by atoms with Gasteiger partial charge in [0.1, 0.15) is 0 Å². The molecule has 0 aromatic heterocycles. The summed E-state index contributed by atoms with van der Waals surface area (Å²) in [6.45, 7) is 4.73. The van der Waals surface area contributed by atoms with E-state index in [-0.39, 0.29) is 6.10 Å². The van der Waals surface area contributed by atoms with Crippen LogP contribution in [0.4, 0.5) is 0 Å². The molecule has 2 rings (SSSR count). The molecule has 0 bridgehead atoms. The van der Waals surface area contributed by atoms with Crippen molar-refractivity contribution in [2.45, 2.75) is 31.2 Å². The van der Waals surface area contributed by atoms with E-state index >= 15 is 0 Å². The van der Waals surface area contributed by atoms with Gasteiger partial charge in [-0.1, -0.05) is 0 Å². The lowest BCUT2D eigenvalue weighted by Crippen LogP contribution is -1.93. The van der Waals surface area contributed by atoms with Crippen molar-refractivity contribution in [1.29, 1.82) is 0 Å². The van der Waals surface area contributed by atoms with Crippen molar-refractivity contribution in [2.24, 2.45) is 0 Å². The topological polar surface area (TPSA) is 25.1 Å². The van der Waals surface area contributed by atoms with E-state index in [1.165, 1.54) is 0 Å². The third-order valence-electron chi connectivity index (χ3n) is 1.86. The Kier molecular flexibility index (Phi) is 1.24. The van der Waals surface area contributed by atoms with Crippen molar-refractivity contribution in [1.82, 2.24) is 0 Å². The van der Waals surface area contributed by atoms with Crippen LogP contribution < -0.4 is 0 Å². The molecule has 2 aliphatic rings. The van der Waals surface area contributed by atoms with Gasteiger partial charge in [-0.15, -0.1) is 0 Å². The highest BCUT2D eigenvalue weighted by Gasteiger charge is 2.35. The fourth-order valence-corrected chi connectivity index (χ4v) is 1.02. The van der Waals surface area contributed by atoms with E-state index < -0.39 is 0 Å². The average Bonchev–Trinajstić information content (AvgIpc) is 2.60. The van der Waals surface area contributed by atoms with Crippen molar-refractivity contribution in [3.8, 4) is 0 Å². The second-order valence-corrected chi connectivity index (χ2v) is 2.75. The van der Waals surface area contributed by atoms with Crippen molar-refractivity contribution in [3.05, 3.63) is 6.92 Å². The number of hydrogen-bond donors (Lipinski definition) is 0. The van der Waals surface area contributed by atoms with Crippen LogP contribution in [-0.4, -0.2) is 24.9 Å². The normalized spacial score (nSPS) is 47.0. The number of rotatable bonds is 3. The van der Waals surface area contributed by atoms with Gasteiger partial charge in [0.25, 0.3) is 0 Å². The molecular weight excluding hydrogens is 116 g/mol. The molecule has 2 heteroatoms. The molecule has 1 radical (unpaired) electrons. The molecule has 2 fully saturated rings. The third-order valence-corrected chi connectivity index (χ3v) is 1.86. The van der Waals surface area contributed by atoms with E-state index in [0.29, 0.717) is 12.2 Å². The molecular formula is C7H11O2. The van der Waals surface area contributed by atoms with Gasteiger partial charge in [0, 0.05) is 0 Å². The zero-order valence-corrected chi connectivity index (χ0v) is 5.38. The van der Waals surface area contributed by atoms with Gasteiger partial charge in [-0.05, 0) is 19.8 Å². The molecule has 3 atom stereocenters. The lowest BCUT2D eigenvalue weighted by Gasteiger charge is -1.87. The molecule has 0 aromatic rings. The fourth-order valence-electron chi connectivity index (χ4n) is 1.02. The van der Waals surface area contributed by atoms with Crippen LogP contribution in [0.5, 0.6) is 0 Å². The monoisotopic (exact) mass is 127 g/mol. The summed E-state index contributed by atoms with van der Waals surface area (Å²) >= 11 is 0. The summed E-state index contributed by atoms with van der Waals surface area (Å²) in [5, 5.41) is 0. The summed E-state index contributed by atoms with van der Waals surface area (Å²) in [4.78, 5) is 0. The Hall–Kier alpha value is -0.0800. The fraction of sp³-hybridized carbons (Fsp3) is 0.857. The lowest BCUT2D eigenvalue weighted by molar-refractivity contribution is 0.349. The third kappa shape index (κ3) is 1.43. The molecule has 51 valence electrons. The maximum atomic E-state index is 5.13. The van der Waals surface area contributed by atoms with Crippen LogP contribution in [0.2, 0.25) is 0 Å². The van der Waals surface area contributed by atoms with Crippen LogP contribution in [0.15, 0.2) is 0 Å². The van der Waals surface area contributed by atoms with Crippen LogP contribution in [-0.2, 0) is 9.47 Å². The van der Waals surface area contributed by atoms with Gasteiger partial charge in [-0.25, -0.2) is 0 Å². The Morgan fingerprint density at radius 1 is 1.44 bits per heavy atom. The van der Waals surface area contributed by atoms with Crippen LogP contribution in [0.25, 0.3) is 0 Å². The van der Waals surface area contributed by atoms with Crippen molar-refractivity contribution in [2.75, 3.05) is 6.61 Å². The molecule has 2 saturated heterocycles. The van der Waals surface area contributed by atoms with Gasteiger partial charge < -0.3 is 9.47 Å². The minimum atomic E-state index is 0.281. The van der Waals surface area contributed by atoms with E-state index in [2.05, 4.69) is 6.92 Å². The van der Waals surface area contributed by atoms with Gasteiger partial charge >= 0.3 is 0 Å². The highest BCUT2D eigenvalue weighted by molar-refractivity contribution is 4.87. The van der Waals surface area contributed by atoms with Gasteiger partial charge in [0.05, 0.1) is 24.9 Å². The summed E-state index contributed by atoms with van der Waals surface area (Å²) in [5.74, 6) is 0. The van der Waals surface area contributed by atoms with E-state index in [1.54, 1.807) is 0 Å². The molecule has 0 amide bonds. The molecule has 2 aliphatic heterocycles.